The van der Waals surface area contributed by atoms with Crippen molar-refractivity contribution in [3.8, 4) is 11.5 Å². The molecular formula is C13H20N2O3. The van der Waals surface area contributed by atoms with Crippen LogP contribution in [0.5, 0.6) is 11.5 Å². The summed E-state index contributed by atoms with van der Waals surface area (Å²) < 4.78 is 10.8. The molecule has 0 radical (unpaired) electrons. The minimum atomic E-state index is -0.388. The van der Waals surface area contributed by atoms with Crippen molar-refractivity contribution in [3.05, 3.63) is 23.8 Å². The zero-order valence-corrected chi connectivity index (χ0v) is 11.0. The second kappa shape index (κ2) is 6.26. The van der Waals surface area contributed by atoms with Crippen LogP contribution < -0.4 is 20.9 Å². The third-order valence-corrected chi connectivity index (χ3v) is 2.69. The van der Waals surface area contributed by atoms with Gasteiger partial charge in [0.05, 0.1) is 19.6 Å². The molecule has 1 amide bonds. The Kier molecular flexibility index (Phi) is 4.97. The van der Waals surface area contributed by atoms with E-state index in [1.807, 2.05) is 19.1 Å². The summed E-state index contributed by atoms with van der Waals surface area (Å²) in [5.41, 5.74) is 11.9. The standard InChI is InChI=1S/C13H20N2O3/c1-8(13(15)16)7-18-11-5-4-10(9(2)14)6-12(11)17-3/h4-6,8-9H,7,14H2,1-3H3,(H2,15,16). The first-order chi connectivity index (χ1) is 8.45. The molecule has 1 aromatic carbocycles. The number of hydrogen-bond donors (Lipinski definition) is 2. The monoisotopic (exact) mass is 252 g/mol. The van der Waals surface area contributed by atoms with Crippen LogP contribution in [0.25, 0.3) is 0 Å². The summed E-state index contributed by atoms with van der Waals surface area (Å²) in [6.45, 7) is 3.83. The number of hydrogen-bond acceptors (Lipinski definition) is 4. The Labute approximate surface area is 107 Å². The lowest BCUT2D eigenvalue weighted by Crippen LogP contribution is -2.25. The molecule has 2 unspecified atom stereocenters. The van der Waals surface area contributed by atoms with Crippen molar-refractivity contribution in [1.82, 2.24) is 0 Å². The van der Waals surface area contributed by atoms with Crippen molar-refractivity contribution in [2.45, 2.75) is 19.9 Å². The Morgan fingerprint density at radius 3 is 2.50 bits per heavy atom. The number of rotatable bonds is 6. The molecule has 1 rings (SSSR count). The van der Waals surface area contributed by atoms with E-state index in [4.69, 9.17) is 20.9 Å². The number of methoxy groups -OCH3 is 1. The highest BCUT2D eigenvalue weighted by Crippen LogP contribution is 2.30. The third-order valence-electron chi connectivity index (χ3n) is 2.69. The molecule has 4 N–H and O–H groups in total. The van der Waals surface area contributed by atoms with E-state index in [0.717, 1.165) is 5.56 Å². The molecule has 0 bridgehead atoms. The highest BCUT2D eigenvalue weighted by atomic mass is 16.5. The van der Waals surface area contributed by atoms with Gasteiger partial charge in [0.15, 0.2) is 11.5 Å². The van der Waals surface area contributed by atoms with Crippen molar-refractivity contribution in [3.63, 3.8) is 0 Å². The van der Waals surface area contributed by atoms with E-state index >= 15 is 0 Å². The van der Waals surface area contributed by atoms with E-state index in [9.17, 15) is 4.79 Å². The lowest BCUT2D eigenvalue weighted by atomic mass is 10.1. The Morgan fingerprint density at radius 2 is 2.00 bits per heavy atom. The molecule has 1 aromatic rings. The van der Waals surface area contributed by atoms with Crippen LogP contribution in [-0.4, -0.2) is 19.6 Å². The quantitative estimate of drug-likeness (QED) is 0.796. The lowest BCUT2D eigenvalue weighted by molar-refractivity contribution is -0.122. The van der Waals surface area contributed by atoms with Gasteiger partial charge < -0.3 is 20.9 Å². The van der Waals surface area contributed by atoms with Crippen LogP contribution in [0.15, 0.2) is 18.2 Å². The number of amides is 1. The van der Waals surface area contributed by atoms with E-state index in [1.165, 1.54) is 0 Å². The average molecular weight is 252 g/mol. The SMILES string of the molecule is COc1cc(C(C)N)ccc1OCC(C)C(N)=O. The summed E-state index contributed by atoms with van der Waals surface area (Å²) in [7, 11) is 1.56. The van der Waals surface area contributed by atoms with Crippen molar-refractivity contribution < 1.29 is 14.3 Å². The molecule has 100 valence electrons. The zero-order valence-electron chi connectivity index (χ0n) is 11.0. The van der Waals surface area contributed by atoms with Crippen LogP contribution in [-0.2, 0) is 4.79 Å². The van der Waals surface area contributed by atoms with Gasteiger partial charge in [-0.3, -0.25) is 4.79 Å². The van der Waals surface area contributed by atoms with Crippen molar-refractivity contribution >= 4 is 5.91 Å². The van der Waals surface area contributed by atoms with Gasteiger partial charge in [-0.05, 0) is 24.6 Å². The normalized spacial score (nSPS) is 13.8. The van der Waals surface area contributed by atoms with E-state index in [2.05, 4.69) is 0 Å². The van der Waals surface area contributed by atoms with Gasteiger partial charge in [0, 0.05) is 6.04 Å². The highest BCUT2D eigenvalue weighted by molar-refractivity contribution is 5.76. The van der Waals surface area contributed by atoms with Gasteiger partial charge in [0.1, 0.15) is 0 Å². The first kappa shape index (κ1) is 14.3. The number of primary amides is 1. The van der Waals surface area contributed by atoms with E-state index < -0.39 is 0 Å². The number of benzene rings is 1. The van der Waals surface area contributed by atoms with E-state index in [-0.39, 0.29) is 24.5 Å². The molecule has 0 spiro atoms. The molecular weight excluding hydrogens is 232 g/mol. The zero-order chi connectivity index (χ0) is 13.7. The van der Waals surface area contributed by atoms with Crippen LogP contribution in [0.4, 0.5) is 0 Å². The van der Waals surface area contributed by atoms with Gasteiger partial charge in [-0.2, -0.15) is 0 Å². The molecule has 0 heterocycles. The largest absolute Gasteiger partial charge is 0.493 e. The van der Waals surface area contributed by atoms with Gasteiger partial charge in [-0.25, -0.2) is 0 Å². The van der Waals surface area contributed by atoms with Gasteiger partial charge in [-0.15, -0.1) is 0 Å². The molecule has 0 aliphatic rings. The molecule has 5 nitrogen and oxygen atoms in total. The molecule has 18 heavy (non-hydrogen) atoms. The fourth-order valence-electron chi connectivity index (χ4n) is 1.38. The maximum Gasteiger partial charge on any atom is 0.223 e. The summed E-state index contributed by atoms with van der Waals surface area (Å²) in [6.07, 6.45) is 0. The molecule has 0 fully saturated rings. The molecule has 2 atom stereocenters. The lowest BCUT2D eigenvalue weighted by Gasteiger charge is -2.15. The predicted octanol–water partition coefficient (Wildman–Crippen LogP) is 1.22. The van der Waals surface area contributed by atoms with Crippen molar-refractivity contribution in [1.29, 1.82) is 0 Å². The summed E-state index contributed by atoms with van der Waals surface area (Å²) in [6, 6.07) is 5.41. The van der Waals surface area contributed by atoms with Gasteiger partial charge in [-0.1, -0.05) is 13.0 Å². The van der Waals surface area contributed by atoms with Crippen LogP contribution in [0.1, 0.15) is 25.5 Å². The maximum absolute atomic E-state index is 10.9. The Morgan fingerprint density at radius 1 is 1.33 bits per heavy atom. The molecule has 0 aromatic heterocycles. The van der Waals surface area contributed by atoms with Crippen LogP contribution in [0.3, 0.4) is 0 Å². The highest BCUT2D eigenvalue weighted by Gasteiger charge is 2.12. The topological polar surface area (TPSA) is 87.6 Å². The number of nitrogens with two attached hydrogens (primary N) is 2. The predicted molar refractivity (Wildman–Crippen MR) is 69.4 cm³/mol. The van der Waals surface area contributed by atoms with Gasteiger partial charge in [0.25, 0.3) is 0 Å². The Balaban J connectivity index is 2.80. The molecule has 0 saturated carbocycles. The minimum Gasteiger partial charge on any atom is -0.493 e. The van der Waals surface area contributed by atoms with Gasteiger partial charge >= 0.3 is 0 Å². The average Bonchev–Trinajstić information content (AvgIpc) is 2.35. The summed E-state index contributed by atoms with van der Waals surface area (Å²) >= 11 is 0. The van der Waals surface area contributed by atoms with Crippen molar-refractivity contribution in [2.24, 2.45) is 17.4 Å². The third kappa shape index (κ3) is 3.63. The first-order valence-electron chi connectivity index (χ1n) is 5.81. The summed E-state index contributed by atoms with van der Waals surface area (Å²) in [5, 5.41) is 0. The second-order valence-corrected chi connectivity index (χ2v) is 4.31. The second-order valence-electron chi connectivity index (χ2n) is 4.31. The smallest absolute Gasteiger partial charge is 0.223 e. The Hall–Kier alpha value is -1.75. The number of carbonyl (C=O) groups excluding carboxylic acids is 1. The number of carbonyl (C=O) groups is 1. The molecule has 5 heteroatoms. The molecule has 0 saturated heterocycles. The van der Waals surface area contributed by atoms with Crippen molar-refractivity contribution in [2.75, 3.05) is 13.7 Å². The van der Waals surface area contributed by atoms with Crippen LogP contribution >= 0.6 is 0 Å². The number of ether oxygens (including phenoxy) is 2. The molecule has 0 aliphatic heterocycles. The summed E-state index contributed by atoms with van der Waals surface area (Å²) in [5.74, 6) is 0.445. The maximum atomic E-state index is 10.9. The van der Waals surface area contributed by atoms with Crippen LogP contribution in [0.2, 0.25) is 0 Å². The van der Waals surface area contributed by atoms with E-state index in [1.54, 1.807) is 20.1 Å². The Bertz CT molecular complexity index is 419. The minimum absolute atomic E-state index is 0.0718. The van der Waals surface area contributed by atoms with Crippen LogP contribution in [0, 0.1) is 5.92 Å². The fraction of sp³-hybridized carbons (Fsp3) is 0.462. The van der Waals surface area contributed by atoms with E-state index in [0.29, 0.717) is 11.5 Å². The molecule has 0 aliphatic carbocycles. The fourth-order valence-corrected chi connectivity index (χ4v) is 1.38. The summed E-state index contributed by atoms with van der Waals surface area (Å²) in [4.78, 5) is 10.9. The first-order valence-corrected chi connectivity index (χ1v) is 5.81. The van der Waals surface area contributed by atoms with Gasteiger partial charge in [0.2, 0.25) is 5.91 Å².